The number of ketones is 1. The number of carbonyl (C=O) groups is 1. The van der Waals surface area contributed by atoms with Gasteiger partial charge < -0.3 is 14.4 Å². The third-order valence-corrected chi connectivity index (χ3v) is 6.46. The highest BCUT2D eigenvalue weighted by Gasteiger charge is 2.30. The average Bonchev–Trinajstić information content (AvgIpc) is 3.29. The molecule has 192 valence electrons. The molecular weight excluding hydrogens is 518 g/mol. The number of hydrogen-bond donors (Lipinski definition) is 1. The lowest BCUT2D eigenvalue weighted by Crippen LogP contribution is -2.53. The number of ether oxygens (including phenoxy) is 1. The Bertz CT molecular complexity index is 1400. The minimum absolute atomic E-state index is 0. The van der Waals surface area contributed by atoms with Gasteiger partial charge in [0.15, 0.2) is 23.1 Å². The highest BCUT2D eigenvalue weighted by atomic mass is 35.5. The second-order valence-corrected chi connectivity index (χ2v) is 9.14. The summed E-state index contributed by atoms with van der Waals surface area (Å²) in [6.45, 7) is 4.62. The molecule has 0 bridgehead atoms. The molecule has 1 saturated heterocycles. The fourth-order valence-electron chi connectivity index (χ4n) is 4.31. The molecule has 0 saturated carbocycles. The fraction of sp³-hybridized carbons (Fsp3) is 0.214. The smallest absolute Gasteiger partial charge is 0.199 e. The predicted molar refractivity (Wildman–Crippen MR) is 142 cm³/mol. The van der Waals surface area contributed by atoms with E-state index in [9.17, 15) is 14.3 Å². The summed E-state index contributed by atoms with van der Waals surface area (Å²) in [7, 11) is 0. The van der Waals surface area contributed by atoms with E-state index < -0.39 is 11.6 Å². The van der Waals surface area contributed by atoms with Crippen molar-refractivity contribution in [3.8, 4) is 34.1 Å². The zero-order valence-electron chi connectivity index (χ0n) is 20.0. The quantitative estimate of drug-likeness (QED) is 0.252. The highest BCUT2D eigenvalue weighted by molar-refractivity contribution is 6.33. The number of aromatic hydroxyl groups is 1. The Morgan fingerprint density at radius 1 is 1.16 bits per heavy atom. The topological polar surface area (TPSA) is 75.8 Å². The molecule has 1 aliphatic heterocycles. The Morgan fingerprint density at radius 3 is 2.57 bits per heavy atom. The van der Waals surface area contributed by atoms with Crippen LogP contribution in [0.1, 0.15) is 29.3 Å². The Morgan fingerprint density at radius 2 is 1.89 bits per heavy atom. The van der Waals surface area contributed by atoms with E-state index in [1.807, 2.05) is 0 Å². The maximum Gasteiger partial charge on any atom is 0.199 e. The standard InChI is InChI=1S/C28H24ClFN2O4.ClH/c1-2-13-32-15-20(16-32)35-24-12-9-18(14-23(24)30)27(34)25-26(21-5-3-4-6-22(21)29)31-36-28(25)17-7-10-19(33)11-8-17;/h3-12,14,20,33H,2,13,15-16H2,1H3;1H. The molecule has 9 heteroatoms. The summed E-state index contributed by atoms with van der Waals surface area (Å²) >= 11 is 6.40. The molecule has 0 spiro atoms. The first-order valence-corrected chi connectivity index (χ1v) is 12.1. The van der Waals surface area contributed by atoms with Crippen molar-refractivity contribution < 1.29 is 23.6 Å². The summed E-state index contributed by atoms with van der Waals surface area (Å²) in [4.78, 5) is 16.0. The van der Waals surface area contributed by atoms with Crippen molar-refractivity contribution in [3.63, 3.8) is 0 Å². The van der Waals surface area contributed by atoms with Crippen LogP contribution in [0.3, 0.4) is 0 Å². The van der Waals surface area contributed by atoms with Gasteiger partial charge in [0.25, 0.3) is 0 Å². The number of benzene rings is 3. The number of carbonyl (C=O) groups excluding carboxylic acids is 1. The van der Waals surface area contributed by atoms with Crippen LogP contribution in [0.15, 0.2) is 71.3 Å². The first-order chi connectivity index (χ1) is 17.4. The van der Waals surface area contributed by atoms with E-state index in [1.165, 1.54) is 30.3 Å². The van der Waals surface area contributed by atoms with Gasteiger partial charge in [-0.2, -0.15) is 0 Å². The number of nitrogens with zero attached hydrogens (tertiary/aromatic N) is 2. The van der Waals surface area contributed by atoms with Crippen LogP contribution in [0.25, 0.3) is 22.6 Å². The lowest BCUT2D eigenvalue weighted by molar-refractivity contribution is 0.0179. The predicted octanol–water partition coefficient (Wildman–Crippen LogP) is 6.63. The van der Waals surface area contributed by atoms with Gasteiger partial charge in [0, 0.05) is 29.8 Å². The minimum atomic E-state index is -0.614. The van der Waals surface area contributed by atoms with Crippen LogP contribution in [0.5, 0.6) is 11.5 Å². The van der Waals surface area contributed by atoms with Crippen LogP contribution >= 0.6 is 24.0 Å². The molecule has 0 unspecified atom stereocenters. The van der Waals surface area contributed by atoms with E-state index in [-0.39, 0.29) is 52.6 Å². The second kappa shape index (κ2) is 11.3. The van der Waals surface area contributed by atoms with Crippen molar-refractivity contribution in [1.29, 1.82) is 0 Å². The first kappa shape index (κ1) is 26.7. The second-order valence-electron chi connectivity index (χ2n) is 8.74. The van der Waals surface area contributed by atoms with Crippen LogP contribution < -0.4 is 4.74 Å². The number of likely N-dealkylation sites (tertiary alicyclic amines) is 1. The molecule has 5 rings (SSSR count). The number of halogens is 3. The zero-order chi connectivity index (χ0) is 25.2. The molecule has 1 N–H and O–H groups in total. The largest absolute Gasteiger partial charge is 0.508 e. The SMILES string of the molecule is CCCN1CC(Oc2ccc(C(=O)c3c(-c4ccccc4Cl)noc3-c3ccc(O)cc3)cc2F)C1.Cl. The van der Waals surface area contributed by atoms with Gasteiger partial charge in [-0.1, -0.05) is 41.9 Å². The number of rotatable bonds is 8. The number of phenols is 1. The van der Waals surface area contributed by atoms with Crippen LogP contribution in [0, 0.1) is 5.82 Å². The van der Waals surface area contributed by atoms with Crippen molar-refractivity contribution in [3.05, 3.63) is 88.7 Å². The third-order valence-electron chi connectivity index (χ3n) is 6.13. The van der Waals surface area contributed by atoms with E-state index >= 15 is 0 Å². The molecule has 0 atom stereocenters. The molecule has 0 amide bonds. The monoisotopic (exact) mass is 542 g/mol. The molecule has 1 aromatic heterocycles. The number of hydrogen-bond acceptors (Lipinski definition) is 6. The lowest BCUT2D eigenvalue weighted by Gasteiger charge is -2.38. The zero-order valence-corrected chi connectivity index (χ0v) is 21.6. The van der Waals surface area contributed by atoms with E-state index in [2.05, 4.69) is 17.0 Å². The van der Waals surface area contributed by atoms with E-state index in [1.54, 1.807) is 36.4 Å². The van der Waals surface area contributed by atoms with Gasteiger partial charge in [-0.15, -0.1) is 12.4 Å². The highest BCUT2D eigenvalue weighted by Crippen LogP contribution is 2.37. The van der Waals surface area contributed by atoms with Crippen LogP contribution in [-0.2, 0) is 0 Å². The Balaban J connectivity index is 0.00000320. The van der Waals surface area contributed by atoms with E-state index in [4.69, 9.17) is 20.9 Å². The van der Waals surface area contributed by atoms with Crippen LogP contribution in [-0.4, -0.2) is 46.7 Å². The summed E-state index contributed by atoms with van der Waals surface area (Å²) in [6, 6.07) is 17.3. The molecule has 6 nitrogen and oxygen atoms in total. The Kier molecular flexibility index (Phi) is 8.17. The van der Waals surface area contributed by atoms with Crippen molar-refractivity contribution in [2.24, 2.45) is 0 Å². The maximum absolute atomic E-state index is 15.0. The fourth-order valence-corrected chi connectivity index (χ4v) is 4.53. The summed E-state index contributed by atoms with van der Waals surface area (Å²) in [5.41, 5.74) is 1.57. The molecule has 1 fully saturated rings. The summed E-state index contributed by atoms with van der Waals surface area (Å²) in [5.74, 6) is -0.710. The average molecular weight is 543 g/mol. The van der Waals surface area contributed by atoms with Crippen LogP contribution in [0.2, 0.25) is 5.02 Å². The number of aromatic nitrogens is 1. The number of phenolic OH excluding ortho intramolecular Hbond substituents is 1. The molecular formula is C28H25Cl2FN2O4. The first-order valence-electron chi connectivity index (χ1n) is 11.7. The molecule has 3 aromatic carbocycles. The van der Waals surface area contributed by atoms with Gasteiger partial charge >= 0.3 is 0 Å². The van der Waals surface area contributed by atoms with E-state index in [0.717, 1.165) is 26.1 Å². The summed E-state index contributed by atoms with van der Waals surface area (Å²) in [6.07, 6.45) is 0.988. The molecule has 37 heavy (non-hydrogen) atoms. The Labute approximate surface area is 225 Å². The van der Waals surface area contributed by atoms with Crippen molar-refractivity contribution in [1.82, 2.24) is 10.1 Å². The third kappa shape index (κ3) is 5.49. The molecule has 2 heterocycles. The summed E-state index contributed by atoms with van der Waals surface area (Å²) in [5, 5.41) is 14.2. The van der Waals surface area contributed by atoms with Gasteiger partial charge in [0.1, 0.15) is 17.5 Å². The molecule has 0 radical (unpaired) electrons. The van der Waals surface area contributed by atoms with Gasteiger partial charge in [-0.25, -0.2) is 4.39 Å². The van der Waals surface area contributed by atoms with Crippen molar-refractivity contribution in [2.75, 3.05) is 19.6 Å². The van der Waals surface area contributed by atoms with Crippen molar-refractivity contribution in [2.45, 2.75) is 19.4 Å². The Hall–Kier alpha value is -3.39. The molecule has 1 aliphatic rings. The minimum Gasteiger partial charge on any atom is -0.508 e. The van der Waals surface area contributed by atoms with Gasteiger partial charge in [0.2, 0.25) is 0 Å². The van der Waals surface area contributed by atoms with Crippen molar-refractivity contribution >= 4 is 29.8 Å². The summed E-state index contributed by atoms with van der Waals surface area (Å²) < 4.78 is 26.4. The molecule has 0 aliphatic carbocycles. The molecule has 4 aromatic rings. The van der Waals surface area contributed by atoms with Gasteiger partial charge in [-0.05, 0) is 61.5 Å². The van der Waals surface area contributed by atoms with Crippen LogP contribution in [0.4, 0.5) is 4.39 Å². The maximum atomic E-state index is 15.0. The van der Waals surface area contributed by atoms with Gasteiger partial charge in [0.05, 0.1) is 10.6 Å². The lowest BCUT2D eigenvalue weighted by atomic mass is 9.95. The van der Waals surface area contributed by atoms with E-state index in [0.29, 0.717) is 16.1 Å². The normalized spacial score (nSPS) is 13.6. The van der Waals surface area contributed by atoms with Gasteiger partial charge in [-0.3, -0.25) is 9.69 Å².